The molecule has 0 aliphatic heterocycles. The van der Waals surface area contributed by atoms with Gasteiger partial charge in [0.1, 0.15) is 12.4 Å². The summed E-state index contributed by atoms with van der Waals surface area (Å²) in [6, 6.07) is 21.5. The number of methoxy groups -OCH3 is 1. The lowest BCUT2D eigenvalue weighted by molar-refractivity contribution is 0.0600. The highest BCUT2D eigenvalue weighted by atomic mass is 32.2. The quantitative estimate of drug-likeness (QED) is 0.429. The number of carbonyl (C=O) groups is 1. The third-order valence-corrected chi connectivity index (χ3v) is 6.07. The highest BCUT2D eigenvalue weighted by Gasteiger charge is 2.12. The van der Waals surface area contributed by atoms with E-state index in [0.717, 1.165) is 52.2 Å². The molecule has 0 heterocycles. The molecule has 0 aliphatic carbocycles. The van der Waals surface area contributed by atoms with Gasteiger partial charge in [-0.3, -0.25) is 4.21 Å². The number of benzene rings is 3. The van der Waals surface area contributed by atoms with Gasteiger partial charge in [-0.1, -0.05) is 42.5 Å². The summed E-state index contributed by atoms with van der Waals surface area (Å²) in [6.45, 7) is 2.50. The van der Waals surface area contributed by atoms with Crippen molar-refractivity contribution in [2.45, 2.75) is 37.7 Å². The van der Waals surface area contributed by atoms with E-state index in [1.807, 2.05) is 61.5 Å². The van der Waals surface area contributed by atoms with Crippen LogP contribution in [0.3, 0.4) is 0 Å². The fourth-order valence-electron chi connectivity index (χ4n) is 3.51. The number of rotatable bonds is 9. The summed E-state index contributed by atoms with van der Waals surface area (Å²) in [7, 11) is 0.335. The first-order valence-corrected chi connectivity index (χ1v) is 11.8. The molecule has 1 unspecified atom stereocenters. The molecule has 0 N–H and O–H groups in total. The highest BCUT2D eigenvalue weighted by molar-refractivity contribution is 7.84. The van der Waals surface area contributed by atoms with Gasteiger partial charge >= 0.3 is 5.97 Å². The van der Waals surface area contributed by atoms with E-state index in [1.165, 1.54) is 7.11 Å². The predicted octanol–water partition coefficient (Wildman–Crippen LogP) is 5.27. The van der Waals surface area contributed by atoms with Gasteiger partial charge in [-0.25, -0.2) is 4.79 Å². The van der Waals surface area contributed by atoms with Gasteiger partial charge in [-0.15, -0.1) is 0 Å². The molecule has 0 radical (unpaired) electrons. The van der Waals surface area contributed by atoms with Crippen molar-refractivity contribution in [3.05, 3.63) is 94.5 Å². The van der Waals surface area contributed by atoms with Gasteiger partial charge in [-0.2, -0.15) is 0 Å². The van der Waals surface area contributed by atoms with Crippen molar-refractivity contribution in [2.75, 3.05) is 13.4 Å². The third kappa shape index (κ3) is 6.28. The van der Waals surface area contributed by atoms with Crippen LogP contribution in [-0.4, -0.2) is 23.5 Å². The van der Waals surface area contributed by atoms with Crippen molar-refractivity contribution >= 4 is 16.8 Å². The van der Waals surface area contributed by atoms with E-state index in [1.54, 1.807) is 18.4 Å². The summed E-state index contributed by atoms with van der Waals surface area (Å²) in [5, 5.41) is 0. The van der Waals surface area contributed by atoms with Gasteiger partial charge < -0.3 is 9.47 Å². The van der Waals surface area contributed by atoms with Gasteiger partial charge in [-0.05, 0) is 72.7 Å². The van der Waals surface area contributed by atoms with Gasteiger partial charge in [0.05, 0.1) is 12.7 Å². The molecule has 0 spiro atoms. The number of ether oxygens (including phenoxy) is 2. The molecule has 1 atom stereocenters. The largest absolute Gasteiger partial charge is 0.488 e. The average Bonchev–Trinajstić information content (AvgIpc) is 2.78. The molecule has 0 fully saturated rings. The maximum Gasteiger partial charge on any atom is 0.337 e. The fraction of sp³-hybridized carbons (Fsp3) is 0.269. The second kappa shape index (κ2) is 10.9. The van der Waals surface area contributed by atoms with Crippen molar-refractivity contribution in [1.82, 2.24) is 0 Å². The van der Waals surface area contributed by atoms with Gasteiger partial charge in [0.25, 0.3) is 0 Å². The minimum absolute atomic E-state index is 0.327. The summed E-state index contributed by atoms with van der Waals surface area (Å²) in [4.78, 5) is 12.4. The Hall–Kier alpha value is -2.92. The molecule has 162 valence electrons. The smallest absolute Gasteiger partial charge is 0.337 e. The minimum Gasteiger partial charge on any atom is -0.488 e. The maximum absolute atomic E-state index is 12.1. The molecule has 3 rings (SSSR count). The lowest BCUT2D eigenvalue weighted by Crippen LogP contribution is -2.04. The van der Waals surface area contributed by atoms with E-state index >= 15 is 0 Å². The average molecular weight is 437 g/mol. The molecule has 0 saturated carbocycles. The van der Waals surface area contributed by atoms with Gasteiger partial charge in [0.2, 0.25) is 0 Å². The third-order valence-electron chi connectivity index (χ3n) is 5.17. The SMILES string of the molecule is COC(=O)c1ccc(CCCc2cc(S(C)=O)cc(C)c2OCc2ccccc2)cc1. The fourth-order valence-corrected chi connectivity index (χ4v) is 4.16. The van der Waals surface area contributed by atoms with Crippen LogP contribution in [0.5, 0.6) is 5.75 Å². The monoisotopic (exact) mass is 436 g/mol. The molecule has 0 amide bonds. The lowest BCUT2D eigenvalue weighted by Gasteiger charge is -2.16. The molecule has 3 aromatic rings. The summed E-state index contributed by atoms with van der Waals surface area (Å²) in [6.07, 6.45) is 4.30. The molecule has 0 saturated heterocycles. The zero-order chi connectivity index (χ0) is 22.2. The Labute approximate surface area is 186 Å². The maximum atomic E-state index is 12.1. The van der Waals surface area contributed by atoms with Crippen LogP contribution in [0.2, 0.25) is 0 Å². The normalized spacial score (nSPS) is 11.7. The van der Waals surface area contributed by atoms with Crippen molar-refractivity contribution in [1.29, 1.82) is 0 Å². The molecule has 0 bridgehead atoms. The molecular weight excluding hydrogens is 408 g/mol. The standard InChI is InChI=1S/C26H28O4S/c1-19-16-24(31(3)28)17-23(25(19)30-18-21-8-5-4-6-9-21)11-7-10-20-12-14-22(15-13-20)26(27)29-2/h4-6,8-9,12-17H,7,10-11,18H2,1-3H3. The molecule has 5 heteroatoms. The number of aryl methyl sites for hydroxylation is 3. The van der Waals surface area contributed by atoms with Crippen molar-refractivity contribution in [3.8, 4) is 5.75 Å². The van der Waals surface area contributed by atoms with E-state index in [-0.39, 0.29) is 5.97 Å². The predicted molar refractivity (Wildman–Crippen MR) is 124 cm³/mol. The van der Waals surface area contributed by atoms with Crippen LogP contribution < -0.4 is 4.74 Å². The van der Waals surface area contributed by atoms with Gasteiger partial charge in [0, 0.05) is 22.0 Å². The van der Waals surface area contributed by atoms with Crippen LogP contribution in [0.1, 0.15) is 39.0 Å². The summed E-state index contributed by atoms with van der Waals surface area (Å²) in [5.74, 6) is 0.547. The molecule has 4 nitrogen and oxygen atoms in total. The Morgan fingerprint density at radius 2 is 1.65 bits per heavy atom. The molecule has 0 aromatic heterocycles. The Morgan fingerprint density at radius 3 is 2.29 bits per heavy atom. The Balaban J connectivity index is 1.72. The second-order valence-corrected chi connectivity index (χ2v) is 8.88. The van der Waals surface area contributed by atoms with E-state index in [2.05, 4.69) is 0 Å². The first kappa shape index (κ1) is 22.8. The summed E-state index contributed by atoms with van der Waals surface area (Å²) < 4.78 is 23.0. The van der Waals surface area contributed by atoms with E-state index in [9.17, 15) is 9.00 Å². The topological polar surface area (TPSA) is 52.6 Å². The van der Waals surface area contributed by atoms with Crippen LogP contribution in [0, 0.1) is 6.92 Å². The van der Waals surface area contributed by atoms with E-state index in [4.69, 9.17) is 9.47 Å². The van der Waals surface area contributed by atoms with Gasteiger partial charge in [0.15, 0.2) is 0 Å². The first-order valence-electron chi connectivity index (χ1n) is 10.3. The summed E-state index contributed by atoms with van der Waals surface area (Å²) >= 11 is 0. The Kier molecular flexibility index (Phi) is 8.01. The van der Waals surface area contributed by atoms with Crippen molar-refractivity contribution in [2.24, 2.45) is 0 Å². The second-order valence-electron chi connectivity index (χ2n) is 7.50. The molecule has 0 aliphatic rings. The Bertz CT molecular complexity index is 1040. The Morgan fingerprint density at radius 1 is 0.935 bits per heavy atom. The van der Waals surface area contributed by atoms with Crippen LogP contribution in [0.15, 0.2) is 71.6 Å². The number of hydrogen-bond donors (Lipinski definition) is 0. The highest BCUT2D eigenvalue weighted by Crippen LogP contribution is 2.29. The minimum atomic E-state index is -1.05. The van der Waals surface area contributed by atoms with Crippen LogP contribution >= 0.6 is 0 Å². The number of esters is 1. The van der Waals surface area contributed by atoms with Crippen molar-refractivity contribution < 1.29 is 18.5 Å². The summed E-state index contributed by atoms with van der Waals surface area (Å²) in [5.41, 5.74) is 4.90. The molecule has 3 aromatic carbocycles. The zero-order valence-corrected chi connectivity index (χ0v) is 19.0. The number of hydrogen-bond acceptors (Lipinski definition) is 4. The van der Waals surface area contributed by atoms with Crippen molar-refractivity contribution in [3.63, 3.8) is 0 Å². The van der Waals surface area contributed by atoms with Crippen LogP contribution in [0.4, 0.5) is 0 Å². The zero-order valence-electron chi connectivity index (χ0n) is 18.2. The van der Waals surface area contributed by atoms with E-state index in [0.29, 0.717) is 12.2 Å². The molecule has 31 heavy (non-hydrogen) atoms. The molecular formula is C26H28O4S. The lowest BCUT2D eigenvalue weighted by atomic mass is 10.0. The van der Waals surface area contributed by atoms with Crippen LogP contribution in [0.25, 0.3) is 0 Å². The first-order chi connectivity index (χ1) is 15.0. The number of carbonyl (C=O) groups excluding carboxylic acids is 1. The van der Waals surface area contributed by atoms with E-state index < -0.39 is 10.8 Å². The van der Waals surface area contributed by atoms with Crippen LogP contribution in [-0.2, 0) is 35.0 Å².